The topological polar surface area (TPSA) is 99.3 Å². The van der Waals surface area contributed by atoms with Crippen LogP contribution in [0.2, 0.25) is 0 Å². The van der Waals surface area contributed by atoms with Gasteiger partial charge in [-0.15, -0.1) is 0 Å². The molecule has 0 aliphatic heterocycles. The van der Waals surface area contributed by atoms with Gasteiger partial charge in [-0.3, -0.25) is 0 Å². The fraction of sp³-hybridized carbons (Fsp3) is 0.621. The van der Waals surface area contributed by atoms with E-state index in [1.807, 2.05) is 36.4 Å². The predicted octanol–water partition coefficient (Wildman–Crippen LogP) is 13.8. The molecule has 3 aromatic carbocycles. The standard InChI is InChI=1S/C58H85N3O6/c1-38(63-45-21-19-39-27-51(53(2,3)4)66-49(39)34-45)36-59-57(13,14)24-26-58(15,52-28-40-20-22-46(35-50(40)67-52)65-48-31-42(32-48)61-55(8,9)10)25-23-56(11,12)37-62-43-17-16-18-44(33-43)64-47-29-41(30-47)60-54(5,6)7/h16-22,27-28,33-35,38,41-42,47-48,59-61H,23-26,29-32,36-37H2,1-15H3/t38?,41-,42-,47+,48-,58-/m1/s1. The summed E-state index contributed by atoms with van der Waals surface area (Å²) in [6.07, 6.45) is 8.25. The Labute approximate surface area is 403 Å². The minimum atomic E-state index is -0.237. The van der Waals surface area contributed by atoms with Crippen LogP contribution >= 0.6 is 0 Å². The first kappa shape index (κ1) is 50.7. The number of nitrogens with one attached hydrogen (secondary N) is 3. The van der Waals surface area contributed by atoms with Crippen LogP contribution in [0, 0.1) is 5.41 Å². The van der Waals surface area contributed by atoms with Gasteiger partial charge in [-0.1, -0.05) is 47.6 Å². The zero-order chi connectivity index (χ0) is 48.6. The van der Waals surface area contributed by atoms with Crippen molar-refractivity contribution in [3.8, 4) is 23.0 Å². The van der Waals surface area contributed by atoms with E-state index in [1.54, 1.807) is 0 Å². The van der Waals surface area contributed by atoms with Gasteiger partial charge in [0.2, 0.25) is 0 Å². The van der Waals surface area contributed by atoms with Gasteiger partial charge in [0.1, 0.15) is 64.0 Å². The molecule has 2 heterocycles. The van der Waals surface area contributed by atoms with Crippen molar-refractivity contribution in [2.75, 3.05) is 13.2 Å². The number of rotatable bonds is 21. The predicted molar refractivity (Wildman–Crippen MR) is 275 cm³/mol. The Kier molecular flexibility index (Phi) is 14.9. The minimum absolute atomic E-state index is 0.0399. The van der Waals surface area contributed by atoms with Crippen LogP contribution in [-0.4, -0.2) is 60.2 Å². The molecular formula is C58H85N3O6. The largest absolute Gasteiger partial charge is 0.493 e. The number of hydrogen-bond donors (Lipinski definition) is 3. The molecule has 2 aliphatic carbocycles. The molecule has 2 aromatic heterocycles. The number of hydrogen-bond acceptors (Lipinski definition) is 9. The number of furan rings is 2. The normalized spacial score (nSPS) is 20.8. The molecule has 0 radical (unpaired) electrons. The molecule has 2 saturated carbocycles. The lowest BCUT2D eigenvalue weighted by atomic mass is 9.72. The van der Waals surface area contributed by atoms with E-state index in [9.17, 15) is 0 Å². The van der Waals surface area contributed by atoms with E-state index >= 15 is 0 Å². The third kappa shape index (κ3) is 14.4. The van der Waals surface area contributed by atoms with Gasteiger partial charge in [0, 0.05) is 75.0 Å². The highest BCUT2D eigenvalue weighted by molar-refractivity contribution is 5.80. The van der Waals surface area contributed by atoms with Crippen molar-refractivity contribution in [1.82, 2.24) is 16.0 Å². The van der Waals surface area contributed by atoms with Gasteiger partial charge in [-0.2, -0.15) is 0 Å². The van der Waals surface area contributed by atoms with E-state index in [-0.39, 0.29) is 51.2 Å². The molecular weight excluding hydrogens is 835 g/mol. The summed E-state index contributed by atoms with van der Waals surface area (Å²) in [6.45, 7) is 34.9. The molecule has 0 amide bonds. The summed E-state index contributed by atoms with van der Waals surface area (Å²) < 4.78 is 38.9. The lowest BCUT2D eigenvalue weighted by Gasteiger charge is -2.40. The first-order valence-electron chi connectivity index (χ1n) is 25.3. The molecule has 67 heavy (non-hydrogen) atoms. The third-order valence-electron chi connectivity index (χ3n) is 13.7. The van der Waals surface area contributed by atoms with Crippen molar-refractivity contribution in [3.63, 3.8) is 0 Å². The van der Waals surface area contributed by atoms with Crippen molar-refractivity contribution < 1.29 is 27.8 Å². The van der Waals surface area contributed by atoms with E-state index in [2.05, 4.69) is 156 Å². The Morgan fingerprint density at radius 3 is 1.66 bits per heavy atom. The SMILES string of the molecule is CC(CNC(C)(C)CC[C@@](C)(CCC(C)(C)COc1cccc(O[C@H]2C[C@@H](NC(C)(C)C)C2)c1)c1cc2ccc(O[C@H]3C[C@H](NC(C)(C)C)C3)cc2o1)Oc1ccc2cc(C(C)(C)C)oc2c1. The average molecular weight is 920 g/mol. The van der Waals surface area contributed by atoms with Crippen molar-refractivity contribution in [2.45, 2.75) is 213 Å². The van der Waals surface area contributed by atoms with E-state index in [1.165, 1.54) is 0 Å². The van der Waals surface area contributed by atoms with Gasteiger partial charge < -0.3 is 43.7 Å². The molecule has 3 N–H and O–H groups in total. The molecule has 0 spiro atoms. The van der Waals surface area contributed by atoms with Crippen LogP contribution < -0.4 is 34.9 Å². The Hall–Kier alpha value is -4.18. The summed E-state index contributed by atoms with van der Waals surface area (Å²) >= 11 is 0. The molecule has 2 fully saturated rings. The first-order chi connectivity index (χ1) is 31.2. The maximum atomic E-state index is 6.87. The summed E-state index contributed by atoms with van der Waals surface area (Å²) in [5.41, 5.74) is 1.41. The Bertz CT molecular complexity index is 2400. The third-order valence-corrected chi connectivity index (χ3v) is 13.7. The molecule has 0 bridgehead atoms. The molecule has 368 valence electrons. The summed E-state index contributed by atoms with van der Waals surface area (Å²) in [4.78, 5) is 0. The van der Waals surface area contributed by atoms with Gasteiger partial charge >= 0.3 is 0 Å². The number of ether oxygens (including phenoxy) is 4. The van der Waals surface area contributed by atoms with Crippen LogP contribution in [0.25, 0.3) is 21.9 Å². The van der Waals surface area contributed by atoms with Gasteiger partial charge in [0.25, 0.3) is 0 Å². The van der Waals surface area contributed by atoms with E-state index in [4.69, 9.17) is 27.8 Å². The molecule has 0 saturated heterocycles. The summed E-state index contributed by atoms with van der Waals surface area (Å²) in [7, 11) is 0. The summed E-state index contributed by atoms with van der Waals surface area (Å²) in [5, 5.41) is 13.5. The fourth-order valence-corrected chi connectivity index (χ4v) is 9.35. The van der Waals surface area contributed by atoms with Crippen LogP contribution in [0.15, 0.2) is 81.6 Å². The van der Waals surface area contributed by atoms with E-state index < -0.39 is 0 Å². The van der Waals surface area contributed by atoms with Crippen molar-refractivity contribution >= 4 is 21.9 Å². The highest BCUT2D eigenvalue weighted by atomic mass is 16.5. The lowest BCUT2D eigenvalue weighted by Crippen LogP contribution is -2.53. The second-order valence-electron chi connectivity index (χ2n) is 25.2. The molecule has 1 unspecified atom stereocenters. The van der Waals surface area contributed by atoms with Gasteiger partial charge in [0.05, 0.1) is 6.61 Å². The quantitative estimate of drug-likeness (QED) is 0.0664. The van der Waals surface area contributed by atoms with Crippen LogP contribution in [0.4, 0.5) is 0 Å². The highest BCUT2D eigenvalue weighted by Crippen LogP contribution is 2.43. The summed E-state index contributed by atoms with van der Waals surface area (Å²) in [5.74, 6) is 5.41. The minimum Gasteiger partial charge on any atom is -0.493 e. The molecule has 2 atom stereocenters. The second-order valence-corrected chi connectivity index (χ2v) is 25.2. The van der Waals surface area contributed by atoms with E-state index in [0.717, 1.165) is 108 Å². The average Bonchev–Trinajstić information content (AvgIpc) is 3.84. The molecule has 2 aliphatic rings. The number of benzene rings is 3. The van der Waals surface area contributed by atoms with Gasteiger partial charge in [-0.05, 0) is 168 Å². The Morgan fingerprint density at radius 1 is 0.567 bits per heavy atom. The number of fused-ring (bicyclic) bond motifs is 2. The summed E-state index contributed by atoms with van der Waals surface area (Å²) in [6, 6.07) is 26.1. The smallest absolute Gasteiger partial charge is 0.137 e. The second kappa shape index (κ2) is 19.7. The molecule has 9 nitrogen and oxygen atoms in total. The zero-order valence-corrected chi connectivity index (χ0v) is 43.8. The Balaban J connectivity index is 0.990. The Morgan fingerprint density at radius 2 is 1.07 bits per heavy atom. The van der Waals surface area contributed by atoms with Gasteiger partial charge in [-0.25, -0.2) is 0 Å². The van der Waals surface area contributed by atoms with Crippen molar-refractivity contribution in [2.24, 2.45) is 5.41 Å². The highest BCUT2D eigenvalue weighted by Gasteiger charge is 2.37. The maximum absolute atomic E-state index is 6.87. The zero-order valence-electron chi connectivity index (χ0n) is 43.8. The molecule has 7 rings (SSSR count). The van der Waals surface area contributed by atoms with Crippen LogP contribution in [0.3, 0.4) is 0 Å². The van der Waals surface area contributed by atoms with Crippen molar-refractivity contribution in [1.29, 1.82) is 0 Å². The van der Waals surface area contributed by atoms with Crippen LogP contribution in [0.1, 0.15) is 167 Å². The van der Waals surface area contributed by atoms with E-state index in [0.29, 0.717) is 25.2 Å². The van der Waals surface area contributed by atoms with Crippen molar-refractivity contribution in [3.05, 3.63) is 84.3 Å². The fourth-order valence-electron chi connectivity index (χ4n) is 9.35. The lowest BCUT2D eigenvalue weighted by molar-refractivity contribution is 0.0727. The molecule has 5 aromatic rings. The maximum Gasteiger partial charge on any atom is 0.137 e. The molecule has 9 heteroatoms. The van der Waals surface area contributed by atoms with Gasteiger partial charge in [0.15, 0.2) is 0 Å². The van der Waals surface area contributed by atoms with Crippen LogP contribution in [-0.2, 0) is 10.8 Å². The van der Waals surface area contributed by atoms with Crippen LogP contribution in [0.5, 0.6) is 23.0 Å². The monoisotopic (exact) mass is 920 g/mol. The first-order valence-corrected chi connectivity index (χ1v) is 25.3.